The van der Waals surface area contributed by atoms with Crippen molar-refractivity contribution in [3.8, 4) is 0 Å². The average molecular weight is 285 g/mol. The zero-order valence-corrected chi connectivity index (χ0v) is 13.5. The molecule has 1 aliphatic heterocycles. The lowest BCUT2D eigenvalue weighted by molar-refractivity contribution is -0.133. The molecular formula is C15H31N3O2. The third kappa shape index (κ3) is 6.20. The number of hydrogen-bond donors (Lipinski definition) is 1. The molecule has 0 saturated carbocycles. The highest BCUT2D eigenvalue weighted by molar-refractivity contribution is 5.78. The number of carbonyl (C=O) groups excluding carboxylic acids is 1. The highest BCUT2D eigenvalue weighted by Crippen LogP contribution is 2.15. The summed E-state index contributed by atoms with van der Waals surface area (Å²) in [5.74, 6) is 0.880. The molecule has 0 aromatic carbocycles. The average Bonchev–Trinajstić information content (AvgIpc) is 2.43. The first-order valence-electron chi connectivity index (χ1n) is 7.72. The third-order valence-electron chi connectivity index (χ3n) is 4.05. The Morgan fingerprint density at radius 2 is 2.25 bits per heavy atom. The zero-order chi connectivity index (χ0) is 15.0. The summed E-state index contributed by atoms with van der Waals surface area (Å²) in [6, 6.07) is 0.277. The molecule has 0 spiro atoms. The topological polar surface area (TPSA) is 44.8 Å². The smallest absolute Gasteiger partial charge is 0.236 e. The van der Waals surface area contributed by atoms with Crippen molar-refractivity contribution in [2.24, 2.45) is 5.92 Å². The van der Waals surface area contributed by atoms with E-state index in [2.05, 4.69) is 24.1 Å². The van der Waals surface area contributed by atoms with E-state index < -0.39 is 0 Å². The minimum atomic E-state index is 0.230. The van der Waals surface area contributed by atoms with Crippen molar-refractivity contribution in [2.45, 2.75) is 32.7 Å². The molecule has 118 valence electrons. The van der Waals surface area contributed by atoms with E-state index in [4.69, 9.17) is 4.74 Å². The molecule has 5 nitrogen and oxygen atoms in total. The Bertz CT molecular complexity index is 284. The molecule has 1 heterocycles. The summed E-state index contributed by atoms with van der Waals surface area (Å²) in [6.45, 7) is 9.42. The van der Waals surface area contributed by atoms with E-state index in [9.17, 15) is 4.79 Å². The van der Waals surface area contributed by atoms with Crippen LogP contribution in [0.3, 0.4) is 0 Å². The van der Waals surface area contributed by atoms with Gasteiger partial charge in [-0.05, 0) is 45.7 Å². The highest BCUT2D eigenvalue weighted by Gasteiger charge is 2.23. The SMILES string of the molecule is COCCNCC1CCCN(CC(=O)N(C)C(C)C)C1. The van der Waals surface area contributed by atoms with Gasteiger partial charge in [0.25, 0.3) is 0 Å². The Labute approximate surface area is 123 Å². The molecular weight excluding hydrogens is 254 g/mol. The van der Waals surface area contributed by atoms with Crippen LogP contribution in [0.25, 0.3) is 0 Å². The number of likely N-dealkylation sites (N-methyl/N-ethyl adjacent to an activating group) is 1. The Balaban J connectivity index is 2.28. The van der Waals surface area contributed by atoms with Crippen molar-refractivity contribution in [2.75, 3.05) is 53.5 Å². The van der Waals surface area contributed by atoms with E-state index in [1.54, 1.807) is 7.11 Å². The van der Waals surface area contributed by atoms with E-state index in [1.807, 2.05) is 11.9 Å². The van der Waals surface area contributed by atoms with Crippen LogP contribution in [0, 0.1) is 5.92 Å². The Kier molecular flexibility index (Phi) is 8.11. The van der Waals surface area contributed by atoms with Gasteiger partial charge >= 0.3 is 0 Å². The first kappa shape index (κ1) is 17.4. The summed E-state index contributed by atoms with van der Waals surface area (Å²) in [5.41, 5.74) is 0. The fourth-order valence-electron chi connectivity index (χ4n) is 2.53. The van der Waals surface area contributed by atoms with Gasteiger partial charge in [0, 0.05) is 33.3 Å². The van der Waals surface area contributed by atoms with E-state index in [1.165, 1.54) is 12.8 Å². The second-order valence-corrected chi connectivity index (χ2v) is 6.04. The molecule has 5 heteroatoms. The third-order valence-corrected chi connectivity index (χ3v) is 4.05. The lowest BCUT2D eigenvalue weighted by Gasteiger charge is -2.34. The van der Waals surface area contributed by atoms with Crippen molar-refractivity contribution in [3.63, 3.8) is 0 Å². The summed E-state index contributed by atoms with van der Waals surface area (Å²) in [7, 11) is 3.61. The molecule has 0 radical (unpaired) electrons. The number of ether oxygens (including phenoxy) is 1. The Hall–Kier alpha value is -0.650. The van der Waals surface area contributed by atoms with E-state index in [0.29, 0.717) is 12.5 Å². The molecule has 1 saturated heterocycles. The molecule has 20 heavy (non-hydrogen) atoms. The number of methoxy groups -OCH3 is 1. The summed E-state index contributed by atoms with van der Waals surface area (Å²) >= 11 is 0. The number of piperidine rings is 1. The van der Waals surface area contributed by atoms with Crippen LogP contribution in [-0.2, 0) is 9.53 Å². The Morgan fingerprint density at radius 3 is 2.90 bits per heavy atom. The van der Waals surface area contributed by atoms with Crippen LogP contribution in [0.2, 0.25) is 0 Å². The molecule has 1 amide bonds. The van der Waals surface area contributed by atoms with Gasteiger partial charge in [-0.2, -0.15) is 0 Å². The maximum Gasteiger partial charge on any atom is 0.236 e. The lowest BCUT2D eigenvalue weighted by atomic mass is 9.98. The van der Waals surface area contributed by atoms with Crippen molar-refractivity contribution >= 4 is 5.91 Å². The van der Waals surface area contributed by atoms with Crippen molar-refractivity contribution in [1.29, 1.82) is 0 Å². The van der Waals surface area contributed by atoms with Gasteiger partial charge in [-0.1, -0.05) is 0 Å². The van der Waals surface area contributed by atoms with Gasteiger partial charge in [-0.15, -0.1) is 0 Å². The molecule has 0 aromatic heterocycles. The molecule has 1 N–H and O–H groups in total. The molecule has 0 aromatic rings. The molecule has 1 fully saturated rings. The van der Waals surface area contributed by atoms with Gasteiger partial charge in [0.2, 0.25) is 5.91 Å². The largest absolute Gasteiger partial charge is 0.383 e. The molecule has 1 rings (SSSR count). The predicted octanol–water partition coefficient (Wildman–Crippen LogP) is 0.801. The standard InChI is InChI=1S/C15H31N3O2/c1-13(2)17(3)15(19)12-18-8-5-6-14(11-18)10-16-7-9-20-4/h13-14,16H,5-12H2,1-4H3. The number of carbonyl (C=O) groups is 1. The maximum absolute atomic E-state index is 12.1. The van der Waals surface area contributed by atoms with Crippen LogP contribution in [0.4, 0.5) is 0 Å². The number of rotatable bonds is 8. The van der Waals surface area contributed by atoms with E-state index >= 15 is 0 Å². The molecule has 0 aliphatic carbocycles. The van der Waals surface area contributed by atoms with Crippen molar-refractivity contribution < 1.29 is 9.53 Å². The Morgan fingerprint density at radius 1 is 1.50 bits per heavy atom. The van der Waals surface area contributed by atoms with Gasteiger partial charge in [-0.25, -0.2) is 0 Å². The zero-order valence-electron chi connectivity index (χ0n) is 13.5. The summed E-state index contributed by atoms with van der Waals surface area (Å²) in [4.78, 5) is 16.2. The minimum absolute atomic E-state index is 0.230. The van der Waals surface area contributed by atoms with Crippen LogP contribution >= 0.6 is 0 Å². The number of nitrogens with zero attached hydrogens (tertiary/aromatic N) is 2. The van der Waals surface area contributed by atoms with Gasteiger partial charge in [-0.3, -0.25) is 9.69 Å². The molecule has 1 aliphatic rings. The van der Waals surface area contributed by atoms with Crippen molar-refractivity contribution in [1.82, 2.24) is 15.1 Å². The van der Waals surface area contributed by atoms with E-state index in [0.717, 1.165) is 32.8 Å². The second kappa shape index (κ2) is 9.32. The van der Waals surface area contributed by atoms with Crippen LogP contribution < -0.4 is 5.32 Å². The number of amides is 1. The van der Waals surface area contributed by atoms with Gasteiger partial charge < -0.3 is 15.0 Å². The van der Waals surface area contributed by atoms with E-state index in [-0.39, 0.29) is 11.9 Å². The lowest BCUT2D eigenvalue weighted by Crippen LogP contribution is -2.46. The summed E-state index contributed by atoms with van der Waals surface area (Å²) < 4.78 is 5.03. The van der Waals surface area contributed by atoms with Crippen LogP contribution in [-0.4, -0.2) is 75.2 Å². The predicted molar refractivity (Wildman–Crippen MR) is 81.8 cm³/mol. The monoisotopic (exact) mass is 285 g/mol. The highest BCUT2D eigenvalue weighted by atomic mass is 16.5. The van der Waals surface area contributed by atoms with Crippen LogP contribution in [0.15, 0.2) is 0 Å². The molecule has 0 bridgehead atoms. The normalized spacial score (nSPS) is 20.4. The van der Waals surface area contributed by atoms with Gasteiger partial charge in [0.1, 0.15) is 0 Å². The maximum atomic E-state index is 12.1. The summed E-state index contributed by atoms with van der Waals surface area (Å²) in [5, 5.41) is 3.42. The number of likely N-dealkylation sites (tertiary alicyclic amines) is 1. The van der Waals surface area contributed by atoms with Crippen LogP contribution in [0.1, 0.15) is 26.7 Å². The number of nitrogens with one attached hydrogen (secondary N) is 1. The van der Waals surface area contributed by atoms with Gasteiger partial charge in [0.15, 0.2) is 0 Å². The quantitative estimate of drug-likeness (QED) is 0.670. The molecule has 1 atom stereocenters. The number of hydrogen-bond acceptors (Lipinski definition) is 4. The van der Waals surface area contributed by atoms with Crippen LogP contribution in [0.5, 0.6) is 0 Å². The second-order valence-electron chi connectivity index (χ2n) is 6.04. The fourth-order valence-corrected chi connectivity index (χ4v) is 2.53. The minimum Gasteiger partial charge on any atom is -0.383 e. The first-order chi connectivity index (χ1) is 9.54. The fraction of sp³-hybridized carbons (Fsp3) is 0.933. The first-order valence-corrected chi connectivity index (χ1v) is 7.72. The van der Waals surface area contributed by atoms with Crippen molar-refractivity contribution in [3.05, 3.63) is 0 Å². The van der Waals surface area contributed by atoms with Gasteiger partial charge in [0.05, 0.1) is 13.2 Å². The molecule has 1 unspecified atom stereocenters. The summed E-state index contributed by atoms with van der Waals surface area (Å²) in [6.07, 6.45) is 2.44.